The molecule has 0 amide bonds. The predicted octanol–water partition coefficient (Wildman–Crippen LogP) is 3.04. The van der Waals surface area contributed by atoms with Crippen LogP contribution in [0.1, 0.15) is 34.8 Å². The summed E-state index contributed by atoms with van der Waals surface area (Å²) in [6, 6.07) is 1.90. The molecule has 0 heterocycles. The fourth-order valence-electron chi connectivity index (χ4n) is 1.44. The molecular weight excluding hydrogens is 220 g/mol. The molecule has 0 radical (unpaired) electrons. The van der Waals surface area contributed by atoms with Crippen LogP contribution < -0.4 is 0 Å². The number of carbonyl (C=O) groups is 1. The lowest BCUT2D eigenvalue weighted by Crippen LogP contribution is -2.04. The van der Waals surface area contributed by atoms with Crippen molar-refractivity contribution in [3.8, 4) is 0 Å². The van der Waals surface area contributed by atoms with E-state index in [2.05, 4.69) is 0 Å². The number of Topliss-reactive ketones (excluding diaryl/α,β-unsaturated/α-hetero) is 1. The first kappa shape index (κ1) is 12.2. The monoisotopic (exact) mass is 229 g/mol. The minimum Gasteiger partial charge on any atom is -0.294 e. The molecule has 1 aromatic carbocycles. The molecule has 0 aliphatic rings. The number of hydrogen-bond acceptors (Lipinski definition) is 3. The quantitative estimate of drug-likeness (QED) is 0.454. The van der Waals surface area contributed by atoms with Crippen molar-refractivity contribution in [2.45, 2.75) is 20.3 Å². The molecule has 0 bridgehead atoms. The van der Waals surface area contributed by atoms with Gasteiger partial charge in [0.2, 0.25) is 0 Å². The van der Waals surface area contributed by atoms with Crippen LogP contribution in [0.25, 0.3) is 0 Å². The highest BCUT2D eigenvalue weighted by molar-refractivity contribution is 5.98. The smallest absolute Gasteiger partial charge is 0.283 e. The molecule has 6 heteroatoms. The molecule has 0 fully saturated rings. The summed E-state index contributed by atoms with van der Waals surface area (Å²) < 4.78 is 24.9. The highest BCUT2D eigenvalue weighted by Gasteiger charge is 2.23. The zero-order chi connectivity index (χ0) is 12.5. The summed E-state index contributed by atoms with van der Waals surface area (Å²) >= 11 is 0. The Balaban J connectivity index is 3.52. The second-order valence-corrected chi connectivity index (χ2v) is 3.35. The number of carbonyl (C=O) groups excluding carboxylic acids is 1. The van der Waals surface area contributed by atoms with Crippen molar-refractivity contribution in [1.29, 1.82) is 0 Å². The second-order valence-electron chi connectivity index (χ2n) is 3.35. The van der Waals surface area contributed by atoms with Crippen molar-refractivity contribution >= 4 is 11.5 Å². The maximum atomic E-state index is 12.4. The third-order valence-electron chi connectivity index (χ3n) is 2.14. The van der Waals surface area contributed by atoms with Crippen molar-refractivity contribution in [3.63, 3.8) is 0 Å². The summed E-state index contributed by atoms with van der Waals surface area (Å²) in [6.07, 6.45) is -2.75. The molecule has 0 aliphatic carbocycles. The summed E-state index contributed by atoms with van der Waals surface area (Å²) in [5.41, 5.74) is -1.00. The standard InChI is InChI=1S/C10H9F2NO3/c1-5-3-7(10(11)12)4-8(6(2)14)9(5)13(15)16/h3-4,10H,1-2H3. The van der Waals surface area contributed by atoms with Gasteiger partial charge in [0.25, 0.3) is 12.1 Å². The molecule has 0 aliphatic heterocycles. The number of rotatable bonds is 3. The lowest BCUT2D eigenvalue weighted by molar-refractivity contribution is -0.385. The van der Waals surface area contributed by atoms with E-state index in [1.807, 2.05) is 0 Å². The van der Waals surface area contributed by atoms with E-state index in [9.17, 15) is 23.7 Å². The molecule has 1 rings (SSSR count). The molecule has 16 heavy (non-hydrogen) atoms. The lowest BCUT2D eigenvalue weighted by atomic mass is 10.0. The van der Waals surface area contributed by atoms with Gasteiger partial charge < -0.3 is 0 Å². The number of nitro groups is 1. The van der Waals surface area contributed by atoms with Gasteiger partial charge in [0.1, 0.15) is 0 Å². The van der Waals surface area contributed by atoms with E-state index in [-0.39, 0.29) is 16.7 Å². The van der Waals surface area contributed by atoms with Gasteiger partial charge in [0, 0.05) is 11.1 Å². The van der Waals surface area contributed by atoms with E-state index in [1.165, 1.54) is 6.92 Å². The number of ketones is 1. The fourth-order valence-corrected chi connectivity index (χ4v) is 1.44. The normalized spacial score (nSPS) is 10.6. The molecule has 0 saturated heterocycles. The molecule has 86 valence electrons. The highest BCUT2D eigenvalue weighted by atomic mass is 19.3. The second kappa shape index (κ2) is 4.34. The molecular formula is C10H9F2NO3. The summed E-state index contributed by atoms with van der Waals surface area (Å²) in [6.45, 7) is 2.44. The molecule has 0 saturated carbocycles. The number of nitro benzene ring substituents is 1. The number of alkyl halides is 2. The van der Waals surface area contributed by atoms with Crippen LogP contribution in [0.4, 0.5) is 14.5 Å². The van der Waals surface area contributed by atoms with Gasteiger partial charge in [-0.1, -0.05) is 0 Å². The largest absolute Gasteiger partial charge is 0.294 e. The van der Waals surface area contributed by atoms with Crippen molar-refractivity contribution < 1.29 is 18.5 Å². The predicted molar refractivity (Wildman–Crippen MR) is 52.8 cm³/mol. The Morgan fingerprint density at radius 3 is 2.38 bits per heavy atom. The van der Waals surface area contributed by atoms with Gasteiger partial charge in [-0.05, 0) is 26.0 Å². The number of hydrogen-bond donors (Lipinski definition) is 0. The van der Waals surface area contributed by atoms with E-state index < -0.39 is 22.8 Å². The number of aryl methyl sites for hydroxylation is 1. The average molecular weight is 229 g/mol. The summed E-state index contributed by atoms with van der Waals surface area (Å²) in [5.74, 6) is -0.600. The van der Waals surface area contributed by atoms with Gasteiger partial charge in [-0.15, -0.1) is 0 Å². The van der Waals surface area contributed by atoms with Gasteiger partial charge >= 0.3 is 0 Å². The van der Waals surface area contributed by atoms with Gasteiger partial charge in [0.05, 0.1) is 10.5 Å². The molecule has 0 N–H and O–H groups in total. The number of nitrogens with zero attached hydrogens (tertiary/aromatic N) is 1. The Bertz CT molecular complexity index is 458. The van der Waals surface area contributed by atoms with Gasteiger partial charge in [-0.3, -0.25) is 14.9 Å². The molecule has 1 aromatic rings. The first-order valence-corrected chi connectivity index (χ1v) is 4.42. The van der Waals surface area contributed by atoms with Crippen LogP contribution in [-0.2, 0) is 0 Å². The first-order chi connectivity index (χ1) is 7.34. The maximum Gasteiger partial charge on any atom is 0.283 e. The van der Waals surface area contributed by atoms with E-state index >= 15 is 0 Å². The topological polar surface area (TPSA) is 60.2 Å². The Morgan fingerprint density at radius 2 is 2.00 bits per heavy atom. The number of benzene rings is 1. The van der Waals surface area contributed by atoms with E-state index in [0.29, 0.717) is 0 Å². The zero-order valence-electron chi connectivity index (χ0n) is 8.66. The highest BCUT2D eigenvalue weighted by Crippen LogP contribution is 2.29. The fraction of sp³-hybridized carbons (Fsp3) is 0.300. The van der Waals surface area contributed by atoms with Crippen LogP contribution in [0.15, 0.2) is 12.1 Å². The molecule has 0 unspecified atom stereocenters. The average Bonchev–Trinajstić information content (AvgIpc) is 2.15. The molecule has 4 nitrogen and oxygen atoms in total. The lowest BCUT2D eigenvalue weighted by Gasteiger charge is -2.06. The Hall–Kier alpha value is -1.85. The van der Waals surface area contributed by atoms with Gasteiger partial charge in [0.15, 0.2) is 5.78 Å². The van der Waals surface area contributed by atoms with Crippen molar-refractivity contribution in [3.05, 3.63) is 38.9 Å². The molecule has 0 atom stereocenters. The van der Waals surface area contributed by atoms with Crippen LogP contribution in [-0.4, -0.2) is 10.7 Å². The Labute approximate surface area is 90.0 Å². The van der Waals surface area contributed by atoms with Crippen LogP contribution in [0.3, 0.4) is 0 Å². The van der Waals surface area contributed by atoms with Crippen LogP contribution >= 0.6 is 0 Å². The summed E-state index contributed by atoms with van der Waals surface area (Å²) in [4.78, 5) is 21.1. The Kier molecular flexibility index (Phi) is 3.31. The summed E-state index contributed by atoms with van der Waals surface area (Å²) in [7, 11) is 0. The summed E-state index contributed by atoms with van der Waals surface area (Å²) in [5, 5.41) is 10.7. The van der Waals surface area contributed by atoms with Crippen molar-refractivity contribution in [2.24, 2.45) is 0 Å². The van der Waals surface area contributed by atoms with E-state index in [1.54, 1.807) is 0 Å². The zero-order valence-corrected chi connectivity index (χ0v) is 8.66. The van der Waals surface area contributed by atoms with Crippen molar-refractivity contribution in [2.75, 3.05) is 0 Å². The molecule has 0 spiro atoms. The van der Waals surface area contributed by atoms with Crippen LogP contribution in [0.5, 0.6) is 0 Å². The third-order valence-corrected chi connectivity index (χ3v) is 2.14. The minimum atomic E-state index is -2.75. The Morgan fingerprint density at radius 1 is 1.44 bits per heavy atom. The van der Waals surface area contributed by atoms with E-state index in [4.69, 9.17) is 0 Å². The van der Waals surface area contributed by atoms with E-state index in [0.717, 1.165) is 19.1 Å². The van der Waals surface area contributed by atoms with Crippen LogP contribution in [0.2, 0.25) is 0 Å². The minimum absolute atomic E-state index is 0.0630. The van der Waals surface area contributed by atoms with Gasteiger partial charge in [-0.2, -0.15) is 0 Å². The SMILES string of the molecule is CC(=O)c1cc(C(F)F)cc(C)c1[N+](=O)[O-]. The molecule has 0 aromatic heterocycles. The van der Waals surface area contributed by atoms with Crippen LogP contribution in [0, 0.1) is 17.0 Å². The maximum absolute atomic E-state index is 12.4. The number of halogens is 2. The third kappa shape index (κ3) is 2.21. The van der Waals surface area contributed by atoms with Crippen molar-refractivity contribution in [1.82, 2.24) is 0 Å². The first-order valence-electron chi connectivity index (χ1n) is 4.42. The van der Waals surface area contributed by atoms with Gasteiger partial charge in [-0.25, -0.2) is 8.78 Å².